The van der Waals surface area contributed by atoms with Crippen molar-refractivity contribution in [2.45, 2.75) is 19.4 Å². The average molecular weight is 415 g/mol. The zero-order valence-corrected chi connectivity index (χ0v) is 16.0. The quantitative estimate of drug-likeness (QED) is 0.623. The lowest BCUT2D eigenvalue weighted by molar-refractivity contribution is -0.121. The number of benzene rings is 2. The van der Waals surface area contributed by atoms with Gasteiger partial charge in [-0.05, 0) is 29.8 Å². The highest BCUT2D eigenvalue weighted by molar-refractivity contribution is 9.10. The number of amides is 1. The number of aryl methyl sites for hydroxylation is 1. The van der Waals surface area contributed by atoms with Gasteiger partial charge in [-0.15, -0.1) is 0 Å². The van der Waals surface area contributed by atoms with E-state index >= 15 is 0 Å². The van der Waals surface area contributed by atoms with Crippen LogP contribution in [0.4, 0.5) is 0 Å². The molecule has 5 nitrogen and oxygen atoms in total. The van der Waals surface area contributed by atoms with Gasteiger partial charge in [-0.25, -0.2) is 4.98 Å². The van der Waals surface area contributed by atoms with E-state index in [9.17, 15) is 4.79 Å². The molecule has 0 aliphatic rings. The number of oxazole rings is 1. The molecular weight excluding hydrogens is 396 g/mol. The largest absolute Gasteiger partial charge is 0.497 e. The van der Waals surface area contributed by atoms with Crippen molar-refractivity contribution in [1.82, 2.24) is 10.3 Å². The van der Waals surface area contributed by atoms with E-state index in [1.165, 1.54) is 0 Å². The van der Waals surface area contributed by atoms with Crippen molar-refractivity contribution >= 4 is 21.8 Å². The minimum atomic E-state index is -0.0389. The van der Waals surface area contributed by atoms with Gasteiger partial charge in [0.15, 0.2) is 11.7 Å². The Labute approximate surface area is 160 Å². The molecule has 134 valence electrons. The molecule has 0 saturated heterocycles. The second kappa shape index (κ2) is 8.67. The van der Waals surface area contributed by atoms with E-state index in [4.69, 9.17) is 9.15 Å². The smallest absolute Gasteiger partial charge is 0.220 e. The van der Waals surface area contributed by atoms with E-state index in [-0.39, 0.29) is 5.91 Å². The van der Waals surface area contributed by atoms with Crippen LogP contribution in [-0.4, -0.2) is 18.0 Å². The molecule has 0 bridgehead atoms. The first kappa shape index (κ1) is 18.2. The Morgan fingerprint density at radius 3 is 2.77 bits per heavy atom. The molecular formula is C20H19BrN2O3. The van der Waals surface area contributed by atoms with Gasteiger partial charge in [0, 0.05) is 29.4 Å². The molecule has 0 aliphatic carbocycles. The molecule has 0 atom stereocenters. The van der Waals surface area contributed by atoms with Crippen molar-refractivity contribution in [3.8, 4) is 17.1 Å². The lowest BCUT2D eigenvalue weighted by Gasteiger charge is -2.05. The topological polar surface area (TPSA) is 64.4 Å². The molecule has 6 heteroatoms. The van der Waals surface area contributed by atoms with E-state index in [2.05, 4.69) is 26.2 Å². The fraction of sp³-hybridized carbons (Fsp3) is 0.200. The zero-order valence-electron chi connectivity index (χ0n) is 14.4. The fourth-order valence-electron chi connectivity index (χ4n) is 2.45. The molecule has 0 unspecified atom stereocenters. The SMILES string of the molecule is COc1ccc(CNC(=O)CCc2ncc(-c3cccc(Br)c3)o2)cc1. The number of aromatic nitrogens is 1. The molecule has 0 radical (unpaired) electrons. The zero-order chi connectivity index (χ0) is 18.4. The van der Waals surface area contributed by atoms with E-state index in [0.29, 0.717) is 31.0 Å². The molecule has 1 heterocycles. The molecule has 0 aliphatic heterocycles. The molecule has 3 aromatic rings. The lowest BCUT2D eigenvalue weighted by Crippen LogP contribution is -2.23. The van der Waals surface area contributed by atoms with Gasteiger partial charge in [-0.2, -0.15) is 0 Å². The number of carbonyl (C=O) groups excluding carboxylic acids is 1. The molecule has 0 spiro atoms. The predicted molar refractivity (Wildman–Crippen MR) is 103 cm³/mol. The van der Waals surface area contributed by atoms with Crippen LogP contribution in [0.5, 0.6) is 5.75 Å². The van der Waals surface area contributed by atoms with Gasteiger partial charge in [-0.1, -0.05) is 40.2 Å². The fourth-order valence-corrected chi connectivity index (χ4v) is 2.85. The molecule has 1 N–H and O–H groups in total. The van der Waals surface area contributed by atoms with Gasteiger partial charge < -0.3 is 14.5 Å². The molecule has 26 heavy (non-hydrogen) atoms. The van der Waals surface area contributed by atoms with Crippen LogP contribution in [0.2, 0.25) is 0 Å². The van der Waals surface area contributed by atoms with E-state index < -0.39 is 0 Å². The first-order valence-electron chi connectivity index (χ1n) is 8.24. The summed E-state index contributed by atoms with van der Waals surface area (Å²) >= 11 is 3.44. The maximum absolute atomic E-state index is 12.0. The number of methoxy groups -OCH3 is 1. The third kappa shape index (κ3) is 4.95. The second-order valence-electron chi connectivity index (χ2n) is 5.75. The van der Waals surface area contributed by atoms with Gasteiger partial charge >= 0.3 is 0 Å². The summed E-state index contributed by atoms with van der Waals surface area (Å²) in [6.45, 7) is 0.484. The van der Waals surface area contributed by atoms with Crippen LogP contribution in [0.1, 0.15) is 17.9 Å². The summed E-state index contributed by atoms with van der Waals surface area (Å²) in [5.41, 5.74) is 1.97. The second-order valence-corrected chi connectivity index (χ2v) is 6.67. The number of ether oxygens (including phenoxy) is 1. The molecule has 1 amide bonds. The summed E-state index contributed by atoms with van der Waals surface area (Å²) in [6.07, 6.45) is 2.48. The van der Waals surface area contributed by atoms with Gasteiger partial charge in [0.1, 0.15) is 5.75 Å². The molecule has 2 aromatic carbocycles. The monoisotopic (exact) mass is 414 g/mol. The Bertz CT molecular complexity index is 875. The summed E-state index contributed by atoms with van der Waals surface area (Å²) in [6, 6.07) is 15.4. The highest BCUT2D eigenvalue weighted by Crippen LogP contribution is 2.24. The number of hydrogen-bond donors (Lipinski definition) is 1. The number of hydrogen-bond acceptors (Lipinski definition) is 4. The van der Waals surface area contributed by atoms with Crippen LogP contribution in [0, 0.1) is 0 Å². The molecule has 0 fully saturated rings. The van der Waals surface area contributed by atoms with Gasteiger partial charge in [0.25, 0.3) is 0 Å². The Balaban J connectivity index is 1.48. The molecule has 0 saturated carbocycles. The first-order chi connectivity index (χ1) is 12.6. The van der Waals surface area contributed by atoms with Crippen LogP contribution in [0.15, 0.2) is 63.6 Å². The van der Waals surface area contributed by atoms with Crippen LogP contribution in [0.3, 0.4) is 0 Å². The Hall–Kier alpha value is -2.60. The van der Waals surface area contributed by atoms with Crippen LogP contribution >= 0.6 is 15.9 Å². The van der Waals surface area contributed by atoms with Crippen molar-refractivity contribution in [3.05, 3.63) is 70.7 Å². The molecule has 3 rings (SSSR count). The average Bonchev–Trinajstić information content (AvgIpc) is 3.14. The number of carbonyl (C=O) groups is 1. The van der Waals surface area contributed by atoms with Crippen molar-refractivity contribution in [2.24, 2.45) is 0 Å². The number of nitrogens with zero attached hydrogens (tertiary/aromatic N) is 1. The van der Waals surface area contributed by atoms with Crippen molar-refractivity contribution in [2.75, 3.05) is 7.11 Å². The van der Waals surface area contributed by atoms with E-state index in [1.54, 1.807) is 13.3 Å². The third-order valence-electron chi connectivity index (χ3n) is 3.88. The van der Waals surface area contributed by atoms with Crippen molar-refractivity contribution in [3.63, 3.8) is 0 Å². The van der Waals surface area contributed by atoms with Gasteiger partial charge in [0.05, 0.1) is 13.3 Å². The number of rotatable bonds is 7. The van der Waals surface area contributed by atoms with Gasteiger partial charge in [-0.3, -0.25) is 4.79 Å². The number of halogens is 1. The van der Waals surface area contributed by atoms with Crippen molar-refractivity contribution < 1.29 is 13.9 Å². The maximum Gasteiger partial charge on any atom is 0.220 e. The van der Waals surface area contributed by atoms with Crippen molar-refractivity contribution in [1.29, 1.82) is 0 Å². The summed E-state index contributed by atoms with van der Waals surface area (Å²) in [5, 5.41) is 2.90. The van der Waals surface area contributed by atoms with Crippen LogP contribution in [-0.2, 0) is 17.8 Å². The van der Waals surface area contributed by atoms with Gasteiger partial charge in [0.2, 0.25) is 5.91 Å². The first-order valence-corrected chi connectivity index (χ1v) is 9.03. The summed E-state index contributed by atoms with van der Waals surface area (Å²) < 4.78 is 11.8. The Kier molecular flexibility index (Phi) is 6.07. The third-order valence-corrected chi connectivity index (χ3v) is 4.37. The summed E-state index contributed by atoms with van der Waals surface area (Å²) in [7, 11) is 1.63. The minimum Gasteiger partial charge on any atom is -0.497 e. The summed E-state index contributed by atoms with van der Waals surface area (Å²) in [5.74, 6) is 2.01. The normalized spacial score (nSPS) is 10.5. The lowest BCUT2D eigenvalue weighted by atomic mass is 10.2. The minimum absolute atomic E-state index is 0.0389. The Morgan fingerprint density at radius 2 is 2.04 bits per heavy atom. The highest BCUT2D eigenvalue weighted by Gasteiger charge is 2.09. The van der Waals surface area contributed by atoms with Crippen LogP contribution < -0.4 is 10.1 Å². The molecule has 1 aromatic heterocycles. The predicted octanol–water partition coefficient (Wildman–Crippen LogP) is 4.36. The Morgan fingerprint density at radius 1 is 1.23 bits per heavy atom. The highest BCUT2D eigenvalue weighted by atomic mass is 79.9. The standard InChI is InChI=1S/C20H19BrN2O3/c1-25-17-7-5-14(6-8-17)12-22-19(24)9-10-20-23-13-18(26-20)15-3-2-4-16(21)11-15/h2-8,11,13H,9-10,12H2,1H3,(H,22,24). The number of nitrogens with one attached hydrogen (secondary N) is 1. The van der Waals surface area contributed by atoms with E-state index in [1.807, 2.05) is 48.5 Å². The maximum atomic E-state index is 12.0. The van der Waals surface area contributed by atoms with E-state index in [0.717, 1.165) is 21.3 Å². The van der Waals surface area contributed by atoms with Crippen LogP contribution in [0.25, 0.3) is 11.3 Å². The summed E-state index contributed by atoms with van der Waals surface area (Å²) in [4.78, 5) is 16.3.